The molecule has 0 unspecified atom stereocenters. The average molecular weight is 442 g/mol. The first-order valence-electron chi connectivity index (χ1n) is 8.91. The lowest BCUT2D eigenvalue weighted by Gasteiger charge is -2.11. The van der Waals surface area contributed by atoms with Crippen LogP contribution in [0.3, 0.4) is 0 Å². The highest BCUT2D eigenvalue weighted by Gasteiger charge is 2.16. The third kappa shape index (κ3) is 3.88. The Morgan fingerprint density at radius 2 is 1.93 bits per heavy atom. The second-order valence-electron chi connectivity index (χ2n) is 6.75. The summed E-state index contributed by atoms with van der Waals surface area (Å²) in [6.07, 6.45) is 0. The Balaban J connectivity index is 1.58. The molecular weight excluding hydrogens is 422 g/mol. The molecule has 3 heterocycles. The summed E-state index contributed by atoms with van der Waals surface area (Å²) in [4.78, 5) is 33.2. The van der Waals surface area contributed by atoms with Crippen molar-refractivity contribution in [3.63, 3.8) is 0 Å². The SMILES string of the molecule is CN(C)C(=O)c1ccc(CSc2nc3scc(-c4cccs4)c3c(=O)n2C)cc1. The van der Waals surface area contributed by atoms with Crippen molar-refractivity contribution in [2.45, 2.75) is 10.9 Å². The minimum Gasteiger partial charge on any atom is -0.345 e. The monoisotopic (exact) mass is 441 g/mol. The van der Waals surface area contributed by atoms with Gasteiger partial charge in [0.25, 0.3) is 11.5 Å². The molecule has 4 aromatic rings. The standard InChI is InChI=1S/C21H19N3O2S3/c1-23(2)19(25)14-8-6-13(7-9-14)11-29-21-22-18-17(20(26)24(21)3)15(12-28-18)16-5-4-10-27-16/h4-10,12H,11H2,1-3H3. The fourth-order valence-electron chi connectivity index (χ4n) is 2.94. The fraction of sp³-hybridized carbons (Fsp3) is 0.190. The van der Waals surface area contributed by atoms with Crippen LogP contribution >= 0.6 is 34.4 Å². The summed E-state index contributed by atoms with van der Waals surface area (Å²) in [6.45, 7) is 0. The molecule has 1 aromatic carbocycles. The van der Waals surface area contributed by atoms with Crippen LogP contribution in [0.25, 0.3) is 20.7 Å². The highest BCUT2D eigenvalue weighted by Crippen LogP contribution is 2.34. The van der Waals surface area contributed by atoms with Crippen LogP contribution in [0, 0.1) is 0 Å². The number of nitrogens with zero attached hydrogens (tertiary/aromatic N) is 3. The van der Waals surface area contributed by atoms with Gasteiger partial charge in [-0.1, -0.05) is 30.0 Å². The van der Waals surface area contributed by atoms with Crippen molar-refractivity contribution in [2.24, 2.45) is 7.05 Å². The molecule has 0 atom stereocenters. The Labute approximate surface area is 180 Å². The Bertz CT molecular complexity index is 1220. The summed E-state index contributed by atoms with van der Waals surface area (Å²) < 4.78 is 1.63. The van der Waals surface area contributed by atoms with E-state index in [-0.39, 0.29) is 11.5 Å². The fourth-order valence-corrected chi connectivity index (χ4v) is 5.68. The summed E-state index contributed by atoms with van der Waals surface area (Å²) in [5, 5.41) is 5.41. The van der Waals surface area contributed by atoms with E-state index in [2.05, 4.69) is 0 Å². The Morgan fingerprint density at radius 1 is 1.17 bits per heavy atom. The molecule has 0 bridgehead atoms. The van der Waals surface area contributed by atoms with E-state index in [9.17, 15) is 9.59 Å². The van der Waals surface area contributed by atoms with Crippen molar-refractivity contribution in [1.29, 1.82) is 0 Å². The normalized spacial score (nSPS) is 11.1. The van der Waals surface area contributed by atoms with Crippen molar-refractivity contribution in [1.82, 2.24) is 14.5 Å². The van der Waals surface area contributed by atoms with Gasteiger partial charge in [-0.05, 0) is 29.1 Å². The number of aromatic nitrogens is 2. The van der Waals surface area contributed by atoms with E-state index < -0.39 is 0 Å². The van der Waals surface area contributed by atoms with E-state index >= 15 is 0 Å². The number of fused-ring (bicyclic) bond motifs is 1. The van der Waals surface area contributed by atoms with Crippen LogP contribution in [0.1, 0.15) is 15.9 Å². The van der Waals surface area contributed by atoms with Gasteiger partial charge in [-0.3, -0.25) is 14.2 Å². The van der Waals surface area contributed by atoms with E-state index in [1.165, 1.54) is 23.1 Å². The topological polar surface area (TPSA) is 55.2 Å². The van der Waals surface area contributed by atoms with Gasteiger partial charge in [-0.2, -0.15) is 0 Å². The first-order valence-corrected chi connectivity index (χ1v) is 11.7. The molecule has 0 N–H and O–H groups in total. The highest BCUT2D eigenvalue weighted by atomic mass is 32.2. The van der Waals surface area contributed by atoms with Crippen LogP contribution < -0.4 is 5.56 Å². The van der Waals surface area contributed by atoms with Crippen molar-refractivity contribution in [3.8, 4) is 10.4 Å². The van der Waals surface area contributed by atoms with Gasteiger partial charge in [-0.25, -0.2) is 4.98 Å². The zero-order valence-corrected chi connectivity index (χ0v) is 18.7. The molecule has 0 fully saturated rings. The maximum absolute atomic E-state index is 13.0. The minimum atomic E-state index is -0.0194. The second-order valence-corrected chi connectivity index (χ2v) is 9.50. The average Bonchev–Trinajstić information content (AvgIpc) is 3.39. The molecule has 5 nitrogen and oxygen atoms in total. The molecule has 4 rings (SSSR count). The first kappa shape index (κ1) is 19.9. The van der Waals surface area contributed by atoms with Crippen molar-refractivity contribution >= 4 is 50.6 Å². The molecule has 0 saturated carbocycles. The van der Waals surface area contributed by atoms with Crippen molar-refractivity contribution in [3.05, 3.63) is 68.6 Å². The molecule has 0 radical (unpaired) electrons. The van der Waals surface area contributed by atoms with Crippen molar-refractivity contribution in [2.75, 3.05) is 14.1 Å². The molecule has 0 spiro atoms. The van der Waals surface area contributed by atoms with Gasteiger partial charge >= 0.3 is 0 Å². The molecule has 0 aliphatic carbocycles. The predicted molar refractivity (Wildman–Crippen MR) is 122 cm³/mol. The lowest BCUT2D eigenvalue weighted by atomic mass is 10.1. The largest absolute Gasteiger partial charge is 0.345 e. The number of hydrogen-bond acceptors (Lipinski definition) is 6. The molecule has 8 heteroatoms. The third-order valence-corrected chi connectivity index (χ3v) is 7.41. The molecule has 148 valence electrons. The van der Waals surface area contributed by atoms with Crippen LogP contribution in [0.2, 0.25) is 0 Å². The number of thiophene rings is 2. The number of amides is 1. The number of thioether (sulfide) groups is 1. The smallest absolute Gasteiger partial charge is 0.263 e. The van der Waals surface area contributed by atoms with Gasteiger partial charge in [0.15, 0.2) is 5.16 Å². The zero-order chi connectivity index (χ0) is 20.5. The first-order chi connectivity index (χ1) is 14.0. The van der Waals surface area contributed by atoms with Gasteiger partial charge in [0.1, 0.15) is 4.83 Å². The number of hydrogen-bond donors (Lipinski definition) is 0. The van der Waals surface area contributed by atoms with Crippen LogP contribution in [-0.4, -0.2) is 34.5 Å². The van der Waals surface area contributed by atoms with Crippen LogP contribution in [0.15, 0.2) is 57.1 Å². The highest BCUT2D eigenvalue weighted by molar-refractivity contribution is 7.98. The Morgan fingerprint density at radius 3 is 2.59 bits per heavy atom. The third-order valence-electron chi connectivity index (χ3n) is 4.54. The second kappa shape index (κ2) is 8.14. The lowest BCUT2D eigenvalue weighted by Crippen LogP contribution is -2.21. The number of carbonyl (C=O) groups excluding carboxylic acids is 1. The Hall–Kier alpha value is -2.42. The van der Waals surface area contributed by atoms with E-state index in [0.717, 1.165) is 20.8 Å². The van der Waals surface area contributed by atoms with Gasteiger partial charge in [0, 0.05) is 48.3 Å². The van der Waals surface area contributed by atoms with E-state index in [1.807, 2.05) is 47.2 Å². The molecule has 0 aliphatic heterocycles. The van der Waals surface area contributed by atoms with Crippen molar-refractivity contribution < 1.29 is 4.79 Å². The molecular formula is C21H19N3O2S3. The van der Waals surface area contributed by atoms with E-state index in [4.69, 9.17) is 4.98 Å². The minimum absolute atomic E-state index is 0.0158. The summed E-state index contributed by atoms with van der Waals surface area (Å²) in [5.74, 6) is 0.656. The number of rotatable bonds is 5. The van der Waals surface area contributed by atoms with E-state index in [1.54, 1.807) is 41.9 Å². The lowest BCUT2D eigenvalue weighted by molar-refractivity contribution is 0.0827. The molecule has 0 saturated heterocycles. The van der Waals surface area contributed by atoms with Gasteiger partial charge < -0.3 is 4.90 Å². The maximum Gasteiger partial charge on any atom is 0.263 e. The summed E-state index contributed by atoms with van der Waals surface area (Å²) in [6, 6.07) is 11.6. The quantitative estimate of drug-likeness (QED) is 0.332. The summed E-state index contributed by atoms with van der Waals surface area (Å²) >= 11 is 4.65. The molecule has 0 aliphatic rings. The van der Waals surface area contributed by atoms with Gasteiger partial charge in [0.2, 0.25) is 0 Å². The zero-order valence-electron chi connectivity index (χ0n) is 16.2. The van der Waals surface area contributed by atoms with Crippen LogP contribution in [0.4, 0.5) is 0 Å². The van der Waals surface area contributed by atoms with Gasteiger partial charge in [0.05, 0.1) is 5.39 Å². The number of carbonyl (C=O) groups is 1. The van der Waals surface area contributed by atoms with Gasteiger partial charge in [-0.15, -0.1) is 22.7 Å². The molecule has 29 heavy (non-hydrogen) atoms. The van der Waals surface area contributed by atoms with Crippen LogP contribution in [-0.2, 0) is 12.8 Å². The predicted octanol–water partition coefficient (Wildman–Crippen LogP) is 4.72. The maximum atomic E-state index is 13.0. The molecule has 1 amide bonds. The summed E-state index contributed by atoms with van der Waals surface area (Å²) in [7, 11) is 5.25. The summed E-state index contributed by atoms with van der Waals surface area (Å²) in [5.41, 5.74) is 2.68. The van der Waals surface area contributed by atoms with Crippen LogP contribution in [0.5, 0.6) is 0 Å². The Kier molecular flexibility index (Phi) is 5.58. The molecule has 3 aromatic heterocycles. The van der Waals surface area contributed by atoms with E-state index in [0.29, 0.717) is 21.9 Å². The number of benzene rings is 1.